The van der Waals surface area contributed by atoms with Gasteiger partial charge in [-0.3, -0.25) is 9.59 Å². The highest BCUT2D eigenvalue weighted by Crippen LogP contribution is 2.22. The standard InChI is InChI=1S/C23H28N2O3/c1-17(26)25-13-11-19(12-14-25)15-18-7-9-20(10-8-18)23(27)24-16-21-5-3-4-6-22(21)28-2/h3-10,19H,11-16H2,1-2H3,(H,24,27). The van der Waals surface area contributed by atoms with E-state index in [1.807, 2.05) is 53.4 Å². The van der Waals surface area contributed by atoms with Gasteiger partial charge in [-0.1, -0.05) is 30.3 Å². The summed E-state index contributed by atoms with van der Waals surface area (Å²) < 4.78 is 5.32. The Bertz CT molecular complexity index is 809. The molecule has 0 atom stereocenters. The summed E-state index contributed by atoms with van der Waals surface area (Å²) in [5, 5.41) is 2.95. The van der Waals surface area contributed by atoms with Crippen molar-refractivity contribution in [1.82, 2.24) is 10.2 Å². The first kappa shape index (κ1) is 19.9. The monoisotopic (exact) mass is 380 g/mol. The van der Waals surface area contributed by atoms with Crippen LogP contribution in [0.15, 0.2) is 48.5 Å². The summed E-state index contributed by atoms with van der Waals surface area (Å²) in [5.74, 6) is 1.45. The fraction of sp³-hybridized carbons (Fsp3) is 0.391. The Labute approximate surface area is 166 Å². The van der Waals surface area contributed by atoms with Crippen LogP contribution in [0.2, 0.25) is 0 Å². The minimum Gasteiger partial charge on any atom is -0.496 e. The van der Waals surface area contributed by atoms with Gasteiger partial charge < -0.3 is 15.0 Å². The number of carbonyl (C=O) groups excluding carboxylic acids is 2. The number of para-hydroxylation sites is 1. The van der Waals surface area contributed by atoms with E-state index in [2.05, 4.69) is 5.32 Å². The minimum atomic E-state index is -0.0905. The molecule has 0 radical (unpaired) electrons. The third-order valence-corrected chi connectivity index (χ3v) is 5.43. The van der Waals surface area contributed by atoms with E-state index in [1.165, 1.54) is 5.56 Å². The molecule has 0 unspecified atom stereocenters. The number of piperidine rings is 1. The van der Waals surface area contributed by atoms with Gasteiger partial charge in [-0.05, 0) is 48.9 Å². The Balaban J connectivity index is 1.51. The molecule has 3 rings (SSSR count). The Morgan fingerprint density at radius 2 is 1.75 bits per heavy atom. The zero-order valence-electron chi connectivity index (χ0n) is 16.6. The van der Waals surface area contributed by atoms with Gasteiger partial charge in [-0.2, -0.15) is 0 Å². The van der Waals surface area contributed by atoms with Gasteiger partial charge in [0.2, 0.25) is 5.91 Å². The predicted octanol–water partition coefficient (Wildman–Crippen LogP) is 3.43. The summed E-state index contributed by atoms with van der Waals surface area (Å²) >= 11 is 0. The van der Waals surface area contributed by atoms with E-state index < -0.39 is 0 Å². The quantitative estimate of drug-likeness (QED) is 0.835. The first-order chi connectivity index (χ1) is 13.6. The van der Waals surface area contributed by atoms with Gasteiger partial charge in [0.15, 0.2) is 0 Å². The van der Waals surface area contributed by atoms with Crippen LogP contribution >= 0.6 is 0 Å². The van der Waals surface area contributed by atoms with Crippen LogP contribution in [0, 0.1) is 5.92 Å². The average Bonchev–Trinajstić information content (AvgIpc) is 2.73. The van der Waals surface area contributed by atoms with Gasteiger partial charge in [0.25, 0.3) is 5.91 Å². The highest BCUT2D eigenvalue weighted by Gasteiger charge is 2.20. The highest BCUT2D eigenvalue weighted by molar-refractivity contribution is 5.94. The molecule has 0 aliphatic carbocycles. The second kappa shape index (κ2) is 9.40. The summed E-state index contributed by atoms with van der Waals surface area (Å²) in [6.07, 6.45) is 3.08. The molecule has 5 heteroatoms. The van der Waals surface area contributed by atoms with Gasteiger partial charge >= 0.3 is 0 Å². The van der Waals surface area contributed by atoms with Crippen molar-refractivity contribution >= 4 is 11.8 Å². The highest BCUT2D eigenvalue weighted by atomic mass is 16.5. The predicted molar refractivity (Wildman–Crippen MR) is 109 cm³/mol. The van der Waals surface area contributed by atoms with E-state index in [0.29, 0.717) is 18.0 Å². The number of methoxy groups -OCH3 is 1. The average molecular weight is 380 g/mol. The summed E-state index contributed by atoms with van der Waals surface area (Å²) in [6, 6.07) is 15.5. The lowest BCUT2D eigenvalue weighted by Gasteiger charge is -2.31. The smallest absolute Gasteiger partial charge is 0.251 e. The molecule has 2 aromatic rings. The van der Waals surface area contributed by atoms with Crippen LogP contribution in [0.5, 0.6) is 5.75 Å². The molecule has 0 bridgehead atoms. The molecule has 1 aliphatic heterocycles. The molecular weight excluding hydrogens is 352 g/mol. The van der Waals surface area contributed by atoms with Crippen molar-refractivity contribution in [3.8, 4) is 5.75 Å². The topological polar surface area (TPSA) is 58.6 Å². The molecule has 0 aromatic heterocycles. The number of nitrogens with one attached hydrogen (secondary N) is 1. The Morgan fingerprint density at radius 3 is 2.39 bits per heavy atom. The maximum Gasteiger partial charge on any atom is 0.251 e. The number of hydrogen-bond donors (Lipinski definition) is 1. The zero-order valence-corrected chi connectivity index (χ0v) is 16.6. The number of rotatable bonds is 6. The van der Waals surface area contributed by atoms with E-state index in [0.717, 1.165) is 43.7 Å². The van der Waals surface area contributed by atoms with Crippen molar-refractivity contribution in [2.75, 3.05) is 20.2 Å². The summed E-state index contributed by atoms with van der Waals surface area (Å²) in [6.45, 7) is 3.77. The van der Waals surface area contributed by atoms with Crippen LogP contribution in [-0.2, 0) is 17.8 Å². The molecule has 0 saturated carbocycles. The van der Waals surface area contributed by atoms with Crippen molar-refractivity contribution in [1.29, 1.82) is 0 Å². The second-order valence-electron chi connectivity index (χ2n) is 7.35. The van der Waals surface area contributed by atoms with Crippen molar-refractivity contribution in [3.63, 3.8) is 0 Å². The number of amides is 2. The van der Waals surface area contributed by atoms with Crippen LogP contribution in [0.3, 0.4) is 0 Å². The van der Waals surface area contributed by atoms with Crippen molar-refractivity contribution in [2.24, 2.45) is 5.92 Å². The van der Waals surface area contributed by atoms with E-state index in [-0.39, 0.29) is 11.8 Å². The fourth-order valence-electron chi connectivity index (χ4n) is 3.70. The van der Waals surface area contributed by atoms with Crippen LogP contribution in [0.4, 0.5) is 0 Å². The zero-order chi connectivity index (χ0) is 19.9. The third-order valence-electron chi connectivity index (χ3n) is 5.43. The van der Waals surface area contributed by atoms with E-state index in [4.69, 9.17) is 4.74 Å². The van der Waals surface area contributed by atoms with Gasteiger partial charge in [0, 0.05) is 37.7 Å². The maximum atomic E-state index is 12.4. The van der Waals surface area contributed by atoms with E-state index >= 15 is 0 Å². The maximum absolute atomic E-state index is 12.4. The molecule has 1 saturated heterocycles. The third kappa shape index (κ3) is 5.12. The lowest BCUT2D eigenvalue weighted by atomic mass is 9.90. The van der Waals surface area contributed by atoms with Gasteiger partial charge in [-0.25, -0.2) is 0 Å². The van der Waals surface area contributed by atoms with Crippen molar-refractivity contribution < 1.29 is 14.3 Å². The summed E-state index contributed by atoms with van der Waals surface area (Å²) in [5.41, 5.74) is 2.85. The Hall–Kier alpha value is -2.82. The van der Waals surface area contributed by atoms with Gasteiger partial charge in [-0.15, -0.1) is 0 Å². The molecule has 0 spiro atoms. The van der Waals surface area contributed by atoms with Gasteiger partial charge in [0.05, 0.1) is 7.11 Å². The summed E-state index contributed by atoms with van der Waals surface area (Å²) in [4.78, 5) is 25.8. The minimum absolute atomic E-state index is 0.0905. The fourth-order valence-corrected chi connectivity index (χ4v) is 3.70. The lowest BCUT2D eigenvalue weighted by molar-refractivity contribution is -0.130. The molecular formula is C23H28N2O3. The van der Waals surface area contributed by atoms with Crippen LogP contribution in [0.1, 0.15) is 41.3 Å². The molecule has 148 valence electrons. The van der Waals surface area contributed by atoms with Crippen LogP contribution in [-0.4, -0.2) is 36.9 Å². The van der Waals surface area contributed by atoms with Crippen molar-refractivity contribution in [2.45, 2.75) is 32.7 Å². The molecule has 1 aliphatic rings. The molecule has 1 N–H and O–H groups in total. The van der Waals surface area contributed by atoms with E-state index in [1.54, 1.807) is 14.0 Å². The van der Waals surface area contributed by atoms with Crippen molar-refractivity contribution in [3.05, 3.63) is 65.2 Å². The number of benzene rings is 2. The molecule has 2 amide bonds. The molecule has 2 aromatic carbocycles. The molecule has 5 nitrogen and oxygen atoms in total. The lowest BCUT2D eigenvalue weighted by Crippen LogP contribution is -2.37. The number of carbonyl (C=O) groups is 2. The number of hydrogen-bond acceptors (Lipinski definition) is 3. The van der Waals surface area contributed by atoms with Crippen LogP contribution in [0.25, 0.3) is 0 Å². The van der Waals surface area contributed by atoms with Crippen LogP contribution < -0.4 is 10.1 Å². The van der Waals surface area contributed by atoms with Gasteiger partial charge in [0.1, 0.15) is 5.75 Å². The second-order valence-corrected chi connectivity index (χ2v) is 7.35. The normalized spacial score (nSPS) is 14.6. The molecule has 1 heterocycles. The SMILES string of the molecule is COc1ccccc1CNC(=O)c1ccc(CC2CCN(C(C)=O)CC2)cc1. The summed E-state index contributed by atoms with van der Waals surface area (Å²) in [7, 11) is 1.63. The number of likely N-dealkylation sites (tertiary alicyclic amines) is 1. The molecule has 1 fully saturated rings. The van der Waals surface area contributed by atoms with E-state index in [9.17, 15) is 9.59 Å². The largest absolute Gasteiger partial charge is 0.496 e. The Kier molecular flexibility index (Phi) is 6.69. The first-order valence-corrected chi connectivity index (χ1v) is 9.81. The number of nitrogens with zero attached hydrogens (tertiary/aromatic N) is 1. The first-order valence-electron chi connectivity index (χ1n) is 9.81. The number of ether oxygens (including phenoxy) is 1. The molecule has 28 heavy (non-hydrogen) atoms. The Morgan fingerprint density at radius 1 is 1.07 bits per heavy atom.